The Kier molecular flexibility index (Phi) is 5.74. The molecule has 1 atom stereocenters. The fraction of sp³-hybridized carbons (Fsp3) is 0.222. The number of carbonyl (C=O) groups excluding carboxylic acids is 2. The van der Waals surface area contributed by atoms with Crippen LogP contribution in [0.5, 0.6) is 5.75 Å². The zero-order chi connectivity index (χ0) is 16.7. The highest BCUT2D eigenvalue weighted by molar-refractivity contribution is 5.94. The van der Waals surface area contributed by atoms with Crippen LogP contribution in [-0.2, 0) is 9.53 Å². The lowest BCUT2D eigenvalue weighted by Gasteiger charge is -2.18. The number of amides is 1. The largest absolute Gasteiger partial charge is 0.497 e. The van der Waals surface area contributed by atoms with Gasteiger partial charge in [0.05, 0.1) is 26.7 Å². The highest BCUT2D eigenvalue weighted by Gasteiger charge is 2.19. The molecule has 0 bridgehead atoms. The summed E-state index contributed by atoms with van der Waals surface area (Å²) >= 11 is 0. The second kappa shape index (κ2) is 7.98. The van der Waals surface area contributed by atoms with Gasteiger partial charge in [-0.05, 0) is 29.8 Å². The summed E-state index contributed by atoms with van der Waals surface area (Å²) in [5.41, 5.74) is 1.34. The molecule has 0 aromatic heterocycles. The van der Waals surface area contributed by atoms with E-state index in [9.17, 15) is 9.59 Å². The highest BCUT2D eigenvalue weighted by Crippen LogP contribution is 2.19. The fourth-order valence-corrected chi connectivity index (χ4v) is 2.17. The van der Waals surface area contributed by atoms with E-state index in [-0.39, 0.29) is 18.3 Å². The van der Waals surface area contributed by atoms with Crippen LogP contribution in [0.3, 0.4) is 0 Å². The maximum atomic E-state index is 12.4. The van der Waals surface area contributed by atoms with Gasteiger partial charge in [0.15, 0.2) is 0 Å². The number of rotatable bonds is 6. The van der Waals surface area contributed by atoms with Gasteiger partial charge in [-0.1, -0.05) is 30.3 Å². The van der Waals surface area contributed by atoms with E-state index in [0.717, 1.165) is 5.56 Å². The molecule has 2 rings (SSSR count). The van der Waals surface area contributed by atoms with E-state index in [2.05, 4.69) is 5.32 Å². The zero-order valence-corrected chi connectivity index (χ0v) is 13.1. The number of ether oxygens (including phenoxy) is 2. The smallest absolute Gasteiger partial charge is 0.307 e. The Morgan fingerprint density at radius 2 is 1.65 bits per heavy atom. The van der Waals surface area contributed by atoms with Crippen LogP contribution in [0, 0.1) is 0 Å². The first-order valence-electron chi connectivity index (χ1n) is 7.20. The third kappa shape index (κ3) is 4.57. The van der Waals surface area contributed by atoms with E-state index in [4.69, 9.17) is 9.47 Å². The molecule has 1 N–H and O–H groups in total. The molecule has 5 nitrogen and oxygen atoms in total. The van der Waals surface area contributed by atoms with Gasteiger partial charge in [-0.15, -0.1) is 0 Å². The maximum absolute atomic E-state index is 12.4. The van der Waals surface area contributed by atoms with Crippen molar-refractivity contribution in [2.45, 2.75) is 12.5 Å². The van der Waals surface area contributed by atoms with Crippen LogP contribution in [-0.4, -0.2) is 26.1 Å². The highest BCUT2D eigenvalue weighted by atomic mass is 16.5. The van der Waals surface area contributed by atoms with Crippen LogP contribution in [0.2, 0.25) is 0 Å². The van der Waals surface area contributed by atoms with E-state index in [0.29, 0.717) is 11.3 Å². The Labute approximate surface area is 135 Å². The molecule has 1 amide bonds. The summed E-state index contributed by atoms with van der Waals surface area (Å²) in [6.07, 6.45) is 0.0718. The fourth-order valence-electron chi connectivity index (χ4n) is 2.17. The minimum Gasteiger partial charge on any atom is -0.497 e. The van der Waals surface area contributed by atoms with Gasteiger partial charge in [0.25, 0.3) is 5.91 Å². The minimum atomic E-state index is -0.446. The van der Waals surface area contributed by atoms with Crippen LogP contribution in [0.15, 0.2) is 54.6 Å². The van der Waals surface area contributed by atoms with Gasteiger partial charge in [0.2, 0.25) is 0 Å². The first-order chi connectivity index (χ1) is 11.1. The summed E-state index contributed by atoms with van der Waals surface area (Å²) in [6.45, 7) is 0. The predicted molar refractivity (Wildman–Crippen MR) is 86.3 cm³/mol. The molecule has 0 spiro atoms. The molecule has 0 unspecified atom stereocenters. The third-order valence-electron chi connectivity index (χ3n) is 3.46. The summed E-state index contributed by atoms with van der Waals surface area (Å²) in [5.74, 6) is 0.0370. The van der Waals surface area contributed by atoms with E-state index in [1.54, 1.807) is 31.4 Å². The van der Waals surface area contributed by atoms with E-state index in [1.165, 1.54) is 7.11 Å². The van der Waals surface area contributed by atoms with E-state index in [1.807, 2.05) is 30.3 Å². The summed E-state index contributed by atoms with van der Waals surface area (Å²) < 4.78 is 9.79. The summed E-state index contributed by atoms with van der Waals surface area (Å²) in [5, 5.41) is 2.87. The molecular formula is C18H19NO4. The molecular weight excluding hydrogens is 294 g/mol. The Balaban J connectivity index is 2.15. The van der Waals surface area contributed by atoms with Crippen LogP contribution in [0.25, 0.3) is 0 Å². The third-order valence-corrected chi connectivity index (χ3v) is 3.46. The van der Waals surface area contributed by atoms with Gasteiger partial charge in [-0.2, -0.15) is 0 Å². The molecule has 0 fully saturated rings. The van der Waals surface area contributed by atoms with Crippen molar-refractivity contribution < 1.29 is 19.1 Å². The Bertz CT molecular complexity index is 652. The molecule has 5 heteroatoms. The Morgan fingerprint density at radius 3 is 2.22 bits per heavy atom. The predicted octanol–water partition coefficient (Wildman–Crippen LogP) is 2.73. The monoisotopic (exact) mass is 313 g/mol. The number of carbonyl (C=O) groups is 2. The molecule has 120 valence electrons. The lowest BCUT2D eigenvalue weighted by molar-refractivity contribution is -0.141. The molecule has 0 saturated heterocycles. The van der Waals surface area contributed by atoms with Gasteiger partial charge in [-0.3, -0.25) is 9.59 Å². The SMILES string of the molecule is COC(=O)C[C@@H](NC(=O)c1ccc(OC)cc1)c1ccccc1. The number of methoxy groups -OCH3 is 2. The topological polar surface area (TPSA) is 64.6 Å². The van der Waals surface area contributed by atoms with Crippen LogP contribution in [0.4, 0.5) is 0 Å². The first-order valence-corrected chi connectivity index (χ1v) is 7.20. The quantitative estimate of drug-likeness (QED) is 0.833. The van der Waals surface area contributed by atoms with Gasteiger partial charge in [0, 0.05) is 5.56 Å². The molecule has 0 heterocycles. The van der Waals surface area contributed by atoms with Crippen molar-refractivity contribution in [1.82, 2.24) is 5.32 Å². The van der Waals surface area contributed by atoms with E-state index >= 15 is 0 Å². The number of nitrogens with one attached hydrogen (secondary N) is 1. The Morgan fingerprint density at radius 1 is 1.00 bits per heavy atom. The van der Waals surface area contributed by atoms with Crippen molar-refractivity contribution >= 4 is 11.9 Å². The standard InChI is InChI=1S/C18H19NO4/c1-22-15-10-8-14(9-11-15)18(21)19-16(12-17(20)23-2)13-6-4-3-5-7-13/h3-11,16H,12H2,1-2H3,(H,19,21)/t16-/m1/s1. The Hall–Kier alpha value is -2.82. The van der Waals surface area contributed by atoms with Crippen molar-refractivity contribution in [2.24, 2.45) is 0 Å². The first kappa shape index (κ1) is 16.5. The molecule has 0 aliphatic carbocycles. The van der Waals surface area contributed by atoms with Gasteiger partial charge in [-0.25, -0.2) is 0 Å². The van der Waals surface area contributed by atoms with Crippen molar-refractivity contribution in [3.05, 3.63) is 65.7 Å². The second-order valence-electron chi connectivity index (χ2n) is 4.95. The van der Waals surface area contributed by atoms with Gasteiger partial charge < -0.3 is 14.8 Å². The number of hydrogen-bond donors (Lipinski definition) is 1. The summed E-state index contributed by atoms with van der Waals surface area (Å²) in [7, 11) is 2.90. The van der Waals surface area contributed by atoms with Gasteiger partial charge in [0.1, 0.15) is 5.75 Å². The molecule has 0 saturated carbocycles. The summed E-state index contributed by atoms with van der Waals surface area (Å²) in [4.78, 5) is 24.0. The normalized spacial score (nSPS) is 11.4. The number of hydrogen-bond acceptors (Lipinski definition) is 4. The average molecular weight is 313 g/mol. The van der Waals surface area contributed by atoms with Crippen molar-refractivity contribution in [3.8, 4) is 5.75 Å². The van der Waals surface area contributed by atoms with Gasteiger partial charge >= 0.3 is 5.97 Å². The maximum Gasteiger partial charge on any atom is 0.307 e. The van der Waals surface area contributed by atoms with Crippen molar-refractivity contribution in [3.63, 3.8) is 0 Å². The van der Waals surface area contributed by atoms with Crippen LogP contribution < -0.4 is 10.1 Å². The summed E-state index contributed by atoms with van der Waals surface area (Å²) in [6, 6.07) is 15.7. The zero-order valence-electron chi connectivity index (χ0n) is 13.1. The molecule has 23 heavy (non-hydrogen) atoms. The van der Waals surface area contributed by atoms with Crippen LogP contribution >= 0.6 is 0 Å². The number of benzene rings is 2. The molecule has 2 aromatic rings. The molecule has 2 aromatic carbocycles. The molecule has 0 aliphatic rings. The van der Waals surface area contributed by atoms with E-state index < -0.39 is 6.04 Å². The number of esters is 1. The van der Waals surface area contributed by atoms with Crippen molar-refractivity contribution in [2.75, 3.05) is 14.2 Å². The lowest BCUT2D eigenvalue weighted by atomic mass is 10.0. The molecule has 0 aliphatic heterocycles. The average Bonchev–Trinajstić information content (AvgIpc) is 2.61. The van der Waals surface area contributed by atoms with Crippen LogP contribution in [0.1, 0.15) is 28.4 Å². The molecule has 0 radical (unpaired) electrons. The minimum absolute atomic E-state index is 0.0718. The second-order valence-corrected chi connectivity index (χ2v) is 4.95. The lowest BCUT2D eigenvalue weighted by Crippen LogP contribution is -2.30. The van der Waals surface area contributed by atoms with Crippen molar-refractivity contribution in [1.29, 1.82) is 0 Å².